The summed E-state index contributed by atoms with van der Waals surface area (Å²) in [6, 6.07) is 15.3. The van der Waals surface area contributed by atoms with E-state index in [2.05, 4.69) is 28.9 Å². The summed E-state index contributed by atoms with van der Waals surface area (Å²) in [6.45, 7) is -0.967. The van der Waals surface area contributed by atoms with Crippen LogP contribution in [0.15, 0.2) is 48.5 Å². The van der Waals surface area contributed by atoms with E-state index in [-0.39, 0.29) is 6.47 Å². The number of benzene rings is 2. The first-order chi connectivity index (χ1) is 14.0. The van der Waals surface area contributed by atoms with Gasteiger partial charge in [0, 0.05) is 30.4 Å². The number of aromatic nitrogens is 2. The molecule has 0 bridgehead atoms. The van der Waals surface area contributed by atoms with Gasteiger partial charge in [0.05, 0.1) is 11.0 Å². The largest absolute Gasteiger partial charge is 0.483 e. The summed E-state index contributed by atoms with van der Waals surface area (Å²) < 4.78 is 28.5. The van der Waals surface area contributed by atoms with Gasteiger partial charge in [-0.3, -0.25) is 9.36 Å². The summed E-state index contributed by atoms with van der Waals surface area (Å²) in [6.07, 6.45) is 1.10. The highest BCUT2D eigenvalue weighted by Crippen LogP contribution is 2.32. The van der Waals surface area contributed by atoms with Crippen LogP contribution in [0.25, 0.3) is 22.4 Å². The first-order valence-corrected chi connectivity index (χ1v) is 9.31. The van der Waals surface area contributed by atoms with E-state index in [9.17, 15) is 8.78 Å². The Labute approximate surface area is 168 Å². The lowest BCUT2D eigenvalue weighted by Gasteiger charge is -2.22. The third kappa shape index (κ3) is 4.37. The molecule has 4 rings (SSSR count). The number of nitrogens with zero attached hydrogens (tertiary/aromatic N) is 4. The Morgan fingerprint density at radius 1 is 1.21 bits per heavy atom. The summed E-state index contributed by atoms with van der Waals surface area (Å²) >= 11 is 0. The topological polar surface area (TPSA) is 61.6 Å². The highest BCUT2D eigenvalue weighted by atomic mass is 19.3. The SMILES string of the molecule is CN(C)C1CCN(c2cccc(-c3nc4ccccc4n3C(F)F)c2)C1.O=CO. The number of likely N-dealkylation sites (N-methyl/N-ethyl adjacent to an activating group) is 1. The average molecular weight is 402 g/mol. The molecule has 0 aliphatic carbocycles. The van der Waals surface area contributed by atoms with Crippen molar-refractivity contribution in [1.82, 2.24) is 14.5 Å². The van der Waals surface area contributed by atoms with Gasteiger partial charge in [0.15, 0.2) is 0 Å². The number of rotatable bonds is 4. The zero-order valence-corrected chi connectivity index (χ0v) is 16.4. The van der Waals surface area contributed by atoms with Gasteiger partial charge >= 0.3 is 6.55 Å². The van der Waals surface area contributed by atoms with Gasteiger partial charge in [-0.15, -0.1) is 0 Å². The number of imidazole rings is 1. The van der Waals surface area contributed by atoms with Crippen LogP contribution in [0, 0.1) is 0 Å². The number of fused-ring (bicyclic) bond motifs is 1. The van der Waals surface area contributed by atoms with Crippen LogP contribution in [0.5, 0.6) is 0 Å². The fraction of sp³-hybridized carbons (Fsp3) is 0.333. The molecule has 0 radical (unpaired) electrons. The summed E-state index contributed by atoms with van der Waals surface area (Å²) in [5.74, 6) is 0.311. The maximum atomic E-state index is 13.7. The van der Waals surface area contributed by atoms with E-state index >= 15 is 0 Å². The molecule has 0 spiro atoms. The fourth-order valence-corrected chi connectivity index (χ4v) is 3.69. The number of para-hydroxylation sites is 2. The Morgan fingerprint density at radius 3 is 2.59 bits per heavy atom. The molecule has 2 aromatic carbocycles. The molecule has 154 valence electrons. The molecule has 3 aromatic rings. The molecule has 0 amide bonds. The number of anilines is 1. The van der Waals surface area contributed by atoms with Crippen molar-refractivity contribution in [1.29, 1.82) is 0 Å². The Bertz CT molecular complexity index is 974. The van der Waals surface area contributed by atoms with Crippen LogP contribution in [0.1, 0.15) is 13.0 Å². The van der Waals surface area contributed by atoms with Gasteiger partial charge < -0.3 is 14.9 Å². The smallest absolute Gasteiger partial charge is 0.320 e. The van der Waals surface area contributed by atoms with Crippen LogP contribution in [0.3, 0.4) is 0 Å². The Morgan fingerprint density at radius 2 is 1.93 bits per heavy atom. The van der Waals surface area contributed by atoms with Gasteiger partial charge in [-0.1, -0.05) is 24.3 Å². The van der Waals surface area contributed by atoms with E-state index in [0.29, 0.717) is 28.5 Å². The molecule has 1 N–H and O–H groups in total. The average Bonchev–Trinajstić information content (AvgIpc) is 3.34. The minimum Gasteiger partial charge on any atom is -0.483 e. The molecule has 1 saturated heterocycles. The van der Waals surface area contributed by atoms with E-state index in [1.165, 1.54) is 0 Å². The van der Waals surface area contributed by atoms with Crippen LogP contribution in [0.2, 0.25) is 0 Å². The van der Waals surface area contributed by atoms with Crippen molar-refractivity contribution in [2.75, 3.05) is 32.1 Å². The van der Waals surface area contributed by atoms with Crippen LogP contribution >= 0.6 is 0 Å². The second-order valence-electron chi connectivity index (χ2n) is 7.08. The Balaban J connectivity index is 0.000000755. The normalized spacial score (nSPS) is 16.3. The quantitative estimate of drug-likeness (QED) is 0.670. The minimum absolute atomic E-state index is 0.250. The van der Waals surface area contributed by atoms with Crippen molar-refractivity contribution in [3.8, 4) is 11.4 Å². The molecule has 1 fully saturated rings. The molecule has 8 heteroatoms. The van der Waals surface area contributed by atoms with E-state index < -0.39 is 6.55 Å². The molecule has 1 atom stereocenters. The summed E-state index contributed by atoms with van der Waals surface area (Å²) in [5, 5.41) is 6.89. The highest BCUT2D eigenvalue weighted by Gasteiger charge is 2.25. The highest BCUT2D eigenvalue weighted by molar-refractivity contribution is 5.81. The molecule has 6 nitrogen and oxygen atoms in total. The van der Waals surface area contributed by atoms with Crippen molar-refractivity contribution in [3.05, 3.63) is 48.5 Å². The van der Waals surface area contributed by atoms with Crippen molar-refractivity contribution in [2.45, 2.75) is 19.0 Å². The second kappa shape index (κ2) is 9.00. The first kappa shape index (κ1) is 20.7. The molecular formula is C21H24F2N4O2. The molecule has 29 heavy (non-hydrogen) atoms. The fourth-order valence-electron chi connectivity index (χ4n) is 3.69. The molecule has 2 heterocycles. The molecule has 0 saturated carbocycles. The predicted octanol–water partition coefficient (Wildman–Crippen LogP) is 3.94. The van der Waals surface area contributed by atoms with Gasteiger partial charge in [0.1, 0.15) is 5.82 Å². The van der Waals surface area contributed by atoms with E-state index in [0.717, 1.165) is 29.8 Å². The van der Waals surface area contributed by atoms with E-state index in [4.69, 9.17) is 9.90 Å². The lowest BCUT2D eigenvalue weighted by molar-refractivity contribution is -0.122. The summed E-state index contributed by atoms with van der Waals surface area (Å²) in [7, 11) is 4.19. The van der Waals surface area contributed by atoms with Crippen molar-refractivity contribution >= 4 is 23.2 Å². The zero-order valence-electron chi connectivity index (χ0n) is 16.4. The Hall–Kier alpha value is -3.00. The third-order valence-electron chi connectivity index (χ3n) is 5.15. The number of hydrogen-bond donors (Lipinski definition) is 1. The van der Waals surface area contributed by atoms with Crippen LogP contribution < -0.4 is 4.90 Å². The first-order valence-electron chi connectivity index (χ1n) is 9.31. The number of halogens is 2. The Kier molecular flexibility index (Phi) is 6.43. The standard InChI is InChI=1S/C20H22F2N4.CH2O2/c1-24(2)16-10-11-25(13-16)15-7-5-6-14(12-15)19-23-17-8-3-4-9-18(17)26(19)20(21)22;2-1-3/h3-9,12,16,20H,10-11,13H2,1-2H3;1H,(H,2,3). The third-order valence-corrected chi connectivity index (χ3v) is 5.15. The maximum Gasteiger partial charge on any atom is 0.320 e. The molecule has 1 unspecified atom stereocenters. The molecular weight excluding hydrogens is 378 g/mol. The van der Waals surface area contributed by atoms with Gasteiger partial charge in [-0.25, -0.2) is 4.98 Å². The number of carbonyl (C=O) groups is 1. The number of carboxylic acid groups (broad SMARTS) is 1. The summed E-state index contributed by atoms with van der Waals surface area (Å²) in [4.78, 5) is 17.4. The van der Waals surface area contributed by atoms with Gasteiger partial charge in [-0.2, -0.15) is 8.78 Å². The van der Waals surface area contributed by atoms with Crippen molar-refractivity contribution in [3.63, 3.8) is 0 Å². The van der Waals surface area contributed by atoms with Gasteiger partial charge in [-0.05, 0) is 44.8 Å². The molecule has 1 aliphatic heterocycles. The van der Waals surface area contributed by atoms with Crippen LogP contribution in [-0.2, 0) is 4.79 Å². The van der Waals surface area contributed by atoms with E-state index in [1.807, 2.05) is 30.3 Å². The lowest BCUT2D eigenvalue weighted by atomic mass is 10.1. The number of hydrogen-bond acceptors (Lipinski definition) is 4. The van der Waals surface area contributed by atoms with Gasteiger partial charge in [0.2, 0.25) is 0 Å². The zero-order chi connectivity index (χ0) is 21.0. The minimum atomic E-state index is -2.63. The van der Waals surface area contributed by atoms with E-state index in [1.54, 1.807) is 18.2 Å². The van der Waals surface area contributed by atoms with Crippen molar-refractivity contribution < 1.29 is 18.7 Å². The van der Waals surface area contributed by atoms with Gasteiger partial charge in [0.25, 0.3) is 6.47 Å². The van der Waals surface area contributed by atoms with Crippen LogP contribution in [0.4, 0.5) is 14.5 Å². The van der Waals surface area contributed by atoms with Crippen molar-refractivity contribution in [2.24, 2.45) is 0 Å². The monoisotopic (exact) mass is 402 g/mol. The number of alkyl halides is 2. The maximum absolute atomic E-state index is 13.7. The van der Waals surface area contributed by atoms with Crippen LogP contribution in [-0.4, -0.2) is 59.3 Å². The summed E-state index contributed by atoms with van der Waals surface area (Å²) in [5.41, 5.74) is 2.81. The predicted molar refractivity (Wildman–Crippen MR) is 109 cm³/mol. The second-order valence-corrected chi connectivity index (χ2v) is 7.08. The molecule has 1 aliphatic rings. The molecule has 1 aromatic heterocycles. The lowest BCUT2D eigenvalue weighted by Crippen LogP contribution is -2.31.